The van der Waals surface area contributed by atoms with Crippen LogP contribution in [0.5, 0.6) is 5.75 Å². The minimum Gasteiger partial charge on any atom is -0.477 e. The number of carbonyl (C=O) groups excluding carboxylic acids is 1. The number of alkyl carbamates (subject to hydrolysis) is 1. The second-order valence-corrected chi connectivity index (χ2v) is 17.9. The zero-order chi connectivity index (χ0) is 26.3. The number of rotatable bonds is 7. The minimum absolute atomic E-state index is 0.0404. The summed E-state index contributed by atoms with van der Waals surface area (Å²) in [6.07, 6.45) is -4.27. The van der Waals surface area contributed by atoms with Crippen LogP contribution in [0.4, 0.5) is 19.3 Å². The van der Waals surface area contributed by atoms with Crippen LogP contribution in [-0.4, -0.2) is 62.9 Å². The van der Waals surface area contributed by atoms with Crippen molar-refractivity contribution < 1.29 is 37.4 Å². The van der Waals surface area contributed by atoms with Crippen molar-refractivity contribution in [3.63, 3.8) is 0 Å². The molecule has 0 unspecified atom stereocenters. The van der Waals surface area contributed by atoms with Crippen LogP contribution in [0.3, 0.4) is 0 Å². The summed E-state index contributed by atoms with van der Waals surface area (Å²) >= 11 is 3.92. The number of carboxylic acid groups (broad SMARTS) is 1. The van der Waals surface area contributed by atoms with E-state index in [2.05, 4.69) is 42.0 Å². The van der Waals surface area contributed by atoms with Crippen molar-refractivity contribution in [1.29, 1.82) is 0 Å². The van der Waals surface area contributed by atoms with Crippen molar-refractivity contribution in [2.24, 2.45) is 0 Å². The van der Waals surface area contributed by atoms with Crippen LogP contribution in [-0.2, 0) is 9.16 Å². The fourth-order valence-electron chi connectivity index (χ4n) is 2.95. The SMILES string of the molecule is CC(C)(C)OC(=O)N[C@@H](CO[Si](C)(C)C(C)(C)C)CN1CC(F)(F)Oc2c(Br)sc(C(=O)O)c21. The second-order valence-electron chi connectivity index (χ2n) is 10.7. The van der Waals surface area contributed by atoms with E-state index in [0.29, 0.717) is 0 Å². The molecule has 0 saturated heterocycles. The highest BCUT2D eigenvalue weighted by molar-refractivity contribution is 9.11. The van der Waals surface area contributed by atoms with Gasteiger partial charge in [-0.3, -0.25) is 0 Å². The molecular formula is C21H33BrF2N2O6SSi. The maximum absolute atomic E-state index is 14.4. The largest absolute Gasteiger partial charge is 0.477 e. The van der Waals surface area contributed by atoms with Crippen molar-refractivity contribution in [2.75, 3.05) is 24.6 Å². The quantitative estimate of drug-likeness (QED) is 0.383. The number of halogens is 3. The molecule has 1 amide bonds. The van der Waals surface area contributed by atoms with Crippen molar-refractivity contribution in [3.8, 4) is 5.75 Å². The summed E-state index contributed by atoms with van der Waals surface area (Å²) in [5.41, 5.74) is -0.721. The van der Waals surface area contributed by atoms with E-state index in [1.807, 2.05) is 13.1 Å². The number of alkyl halides is 2. The Morgan fingerprint density at radius 1 is 1.29 bits per heavy atom. The van der Waals surface area contributed by atoms with Gasteiger partial charge in [0.25, 0.3) is 0 Å². The van der Waals surface area contributed by atoms with E-state index in [9.17, 15) is 23.5 Å². The van der Waals surface area contributed by atoms with Gasteiger partial charge in [-0.05, 0) is 54.8 Å². The highest BCUT2D eigenvalue weighted by Crippen LogP contribution is 2.50. The molecule has 0 radical (unpaired) electrons. The Morgan fingerprint density at radius 2 is 1.88 bits per heavy atom. The first kappa shape index (κ1) is 28.8. The number of thiophene rings is 1. The van der Waals surface area contributed by atoms with Crippen LogP contribution >= 0.6 is 27.3 Å². The van der Waals surface area contributed by atoms with Crippen LogP contribution in [0.1, 0.15) is 51.2 Å². The molecule has 0 fully saturated rings. The van der Waals surface area contributed by atoms with Crippen molar-refractivity contribution in [3.05, 3.63) is 8.66 Å². The van der Waals surface area contributed by atoms with Crippen molar-refractivity contribution in [2.45, 2.75) is 77.4 Å². The van der Waals surface area contributed by atoms with Crippen LogP contribution < -0.4 is 15.0 Å². The van der Waals surface area contributed by atoms with Gasteiger partial charge in [0, 0.05) is 6.54 Å². The van der Waals surface area contributed by atoms with Gasteiger partial charge in [0.15, 0.2) is 14.1 Å². The van der Waals surface area contributed by atoms with E-state index in [0.717, 1.165) is 11.3 Å². The second kappa shape index (κ2) is 9.90. The molecule has 0 aliphatic carbocycles. The first-order valence-electron chi connectivity index (χ1n) is 10.7. The molecule has 2 rings (SSSR count). The van der Waals surface area contributed by atoms with E-state index >= 15 is 0 Å². The molecule has 1 aromatic heterocycles. The Balaban J connectivity index is 2.38. The molecule has 194 valence electrons. The van der Waals surface area contributed by atoms with Crippen molar-refractivity contribution in [1.82, 2.24) is 5.32 Å². The lowest BCUT2D eigenvalue weighted by atomic mass is 10.2. The molecule has 2 N–H and O–H groups in total. The highest BCUT2D eigenvalue weighted by Gasteiger charge is 2.46. The number of nitrogens with one attached hydrogen (secondary N) is 1. The fraction of sp³-hybridized carbons (Fsp3) is 0.714. The average molecular weight is 588 g/mol. The molecule has 8 nitrogen and oxygen atoms in total. The maximum Gasteiger partial charge on any atom is 0.416 e. The monoisotopic (exact) mass is 586 g/mol. The van der Waals surface area contributed by atoms with E-state index in [1.54, 1.807) is 20.8 Å². The van der Waals surface area contributed by atoms with Crippen LogP contribution in [0.15, 0.2) is 3.79 Å². The summed E-state index contributed by atoms with van der Waals surface area (Å²) in [7, 11) is -2.24. The smallest absolute Gasteiger partial charge is 0.416 e. The predicted molar refractivity (Wildman–Crippen MR) is 133 cm³/mol. The van der Waals surface area contributed by atoms with E-state index in [1.165, 1.54) is 4.90 Å². The number of anilines is 1. The van der Waals surface area contributed by atoms with E-state index in [4.69, 9.17) is 13.9 Å². The Morgan fingerprint density at radius 3 is 2.38 bits per heavy atom. The minimum atomic E-state index is -3.55. The number of hydrogen-bond donors (Lipinski definition) is 2. The molecule has 13 heteroatoms. The van der Waals surface area contributed by atoms with Gasteiger partial charge in [-0.15, -0.1) is 11.3 Å². The summed E-state index contributed by atoms with van der Waals surface area (Å²) in [6.45, 7) is 14.4. The highest BCUT2D eigenvalue weighted by atomic mass is 79.9. The van der Waals surface area contributed by atoms with Gasteiger partial charge in [0.1, 0.15) is 26.5 Å². The molecule has 34 heavy (non-hydrogen) atoms. The molecule has 1 aromatic rings. The Kier molecular flexibility index (Phi) is 8.38. The number of aromatic carboxylic acids is 1. The lowest BCUT2D eigenvalue weighted by Crippen LogP contribution is -2.54. The molecule has 0 aromatic carbocycles. The number of nitrogens with zero attached hydrogens (tertiary/aromatic N) is 1. The third-order valence-electron chi connectivity index (χ3n) is 5.55. The van der Waals surface area contributed by atoms with Gasteiger partial charge < -0.3 is 29.2 Å². The summed E-state index contributed by atoms with van der Waals surface area (Å²) < 4.78 is 45.4. The third kappa shape index (κ3) is 7.28. The zero-order valence-corrected chi connectivity index (χ0v) is 24.1. The maximum atomic E-state index is 14.4. The lowest BCUT2D eigenvalue weighted by molar-refractivity contribution is -0.172. The van der Waals surface area contributed by atoms with Gasteiger partial charge >= 0.3 is 18.2 Å². The number of fused-ring (bicyclic) bond motifs is 1. The molecule has 1 aliphatic rings. The number of carboxylic acids is 1. The summed E-state index contributed by atoms with van der Waals surface area (Å²) in [6, 6.07) is -0.758. The van der Waals surface area contributed by atoms with E-state index < -0.39 is 44.7 Å². The van der Waals surface area contributed by atoms with Crippen LogP contribution in [0.2, 0.25) is 18.1 Å². The van der Waals surface area contributed by atoms with Gasteiger partial charge in [-0.25, -0.2) is 9.59 Å². The third-order valence-corrected chi connectivity index (χ3v) is 11.8. The number of hydrogen-bond acceptors (Lipinski definition) is 7. The Hall–Kier alpha value is -1.44. The number of amides is 1. The zero-order valence-electron chi connectivity index (χ0n) is 20.7. The van der Waals surface area contributed by atoms with Gasteiger partial charge in [0.05, 0.1) is 12.6 Å². The van der Waals surface area contributed by atoms with E-state index in [-0.39, 0.29) is 38.3 Å². The average Bonchev–Trinajstić information content (AvgIpc) is 2.93. The summed E-state index contributed by atoms with van der Waals surface area (Å²) in [4.78, 5) is 25.4. The molecule has 1 atom stereocenters. The lowest BCUT2D eigenvalue weighted by Gasteiger charge is -2.39. The summed E-state index contributed by atoms with van der Waals surface area (Å²) in [5, 5.41) is 12.2. The first-order valence-corrected chi connectivity index (χ1v) is 15.2. The summed E-state index contributed by atoms with van der Waals surface area (Å²) in [5.74, 6) is -1.50. The molecule has 0 saturated carbocycles. The Bertz CT molecular complexity index is 930. The fourth-order valence-corrected chi connectivity index (χ4v) is 5.57. The number of carbonyl (C=O) groups is 2. The van der Waals surface area contributed by atoms with Crippen LogP contribution in [0.25, 0.3) is 0 Å². The van der Waals surface area contributed by atoms with Crippen molar-refractivity contribution >= 4 is 53.3 Å². The predicted octanol–water partition coefficient (Wildman–Crippen LogP) is 5.92. The van der Waals surface area contributed by atoms with Gasteiger partial charge in [-0.1, -0.05) is 20.8 Å². The van der Waals surface area contributed by atoms with Gasteiger partial charge in [-0.2, -0.15) is 8.78 Å². The molecule has 2 heterocycles. The van der Waals surface area contributed by atoms with Gasteiger partial charge in [0.2, 0.25) is 0 Å². The standard InChI is InChI=1S/C21H33BrF2N2O6SSi/c1-19(2,3)32-18(29)25-12(10-30-34(7,8)20(4,5)6)9-26-11-21(23,24)31-14-13(26)15(17(27)28)33-16(14)22/h12H,9-11H2,1-8H3,(H,25,29)(H,27,28)/t12-/m1/s1. The molecule has 1 aliphatic heterocycles. The topological polar surface area (TPSA) is 97.3 Å². The Labute approximate surface area is 212 Å². The molecule has 0 spiro atoms. The molecular weight excluding hydrogens is 554 g/mol. The normalized spacial score (nSPS) is 17.0. The first-order chi connectivity index (χ1) is 15.2. The number of ether oxygens (including phenoxy) is 2. The van der Waals surface area contributed by atoms with Crippen LogP contribution in [0, 0.1) is 0 Å². The molecule has 0 bridgehead atoms.